The Bertz CT molecular complexity index is 1500. The zero-order valence-corrected chi connectivity index (χ0v) is 23.1. The van der Waals surface area contributed by atoms with Crippen LogP contribution in [0.1, 0.15) is 24.8 Å². The third kappa shape index (κ3) is 6.04. The molecular formula is C28H27Cl2N7O3. The molecule has 0 unspecified atom stereocenters. The van der Waals surface area contributed by atoms with Crippen molar-refractivity contribution in [2.45, 2.75) is 32.4 Å². The van der Waals surface area contributed by atoms with Crippen LogP contribution in [0, 0.1) is 5.92 Å². The van der Waals surface area contributed by atoms with Crippen LogP contribution >= 0.6 is 23.2 Å². The third-order valence-corrected chi connectivity index (χ3v) is 7.61. The highest BCUT2D eigenvalue weighted by molar-refractivity contribution is 6.35. The summed E-state index contributed by atoms with van der Waals surface area (Å²) in [5.41, 5.74) is 2.47. The van der Waals surface area contributed by atoms with Crippen LogP contribution in [-0.4, -0.2) is 60.1 Å². The summed E-state index contributed by atoms with van der Waals surface area (Å²) in [7, 11) is 0. The third-order valence-electron chi connectivity index (χ3n) is 7.17. The van der Waals surface area contributed by atoms with Gasteiger partial charge in [-0.25, -0.2) is 19.9 Å². The van der Waals surface area contributed by atoms with E-state index in [1.165, 1.54) is 0 Å². The molecule has 0 atom stereocenters. The van der Waals surface area contributed by atoms with Gasteiger partial charge >= 0.3 is 5.97 Å². The lowest BCUT2D eigenvalue weighted by molar-refractivity contribution is -0.138. The Morgan fingerprint density at radius 2 is 1.73 bits per heavy atom. The second kappa shape index (κ2) is 11.4. The summed E-state index contributed by atoms with van der Waals surface area (Å²) in [5, 5.41) is 10.2. The number of carboxylic acids is 1. The number of rotatable bonds is 8. The van der Waals surface area contributed by atoms with Gasteiger partial charge in [0.2, 0.25) is 17.8 Å². The standard InChI is InChI=1S/C28H27Cl2N7O3/c29-21-12-20(13-22(30)14-21)24-9-19(17-35-4-1-18(2-5-35)11-26(38)39)10-25(34-24)40-23-15-32-27(33-16-23)37-8-7-36-6-3-31-28(36)37/h3,6,9-10,12-16,18H,1-2,4-5,7-8,11,17H2,(H,38,39). The van der Waals surface area contributed by atoms with E-state index in [1.807, 2.05) is 35.4 Å². The van der Waals surface area contributed by atoms with Crippen molar-refractivity contribution < 1.29 is 14.6 Å². The zero-order valence-electron chi connectivity index (χ0n) is 21.6. The van der Waals surface area contributed by atoms with Gasteiger partial charge in [0.25, 0.3) is 0 Å². The Balaban J connectivity index is 1.23. The molecule has 10 nitrogen and oxygen atoms in total. The van der Waals surface area contributed by atoms with Crippen molar-refractivity contribution in [3.8, 4) is 22.9 Å². The molecule has 4 aromatic rings. The molecule has 0 amide bonds. The van der Waals surface area contributed by atoms with E-state index in [9.17, 15) is 4.79 Å². The largest absolute Gasteiger partial charge is 0.481 e. The maximum absolute atomic E-state index is 11.1. The SMILES string of the molecule is O=C(O)CC1CCN(Cc2cc(Oc3cnc(N4CCn5ccnc54)nc3)nc(-c3cc(Cl)cc(Cl)c3)c2)CC1. The fraction of sp³-hybridized carbons (Fsp3) is 0.321. The number of hydrogen-bond donors (Lipinski definition) is 1. The molecule has 5 heterocycles. The minimum atomic E-state index is -0.733. The summed E-state index contributed by atoms with van der Waals surface area (Å²) in [4.78, 5) is 33.5. The summed E-state index contributed by atoms with van der Waals surface area (Å²) in [6, 6.07) is 9.23. The molecule has 0 spiro atoms. The second-order valence-electron chi connectivity index (χ2n) is 10.1. The molecule has 6 rings (SSSR count). The number of imidazole rings is 1. The second-order valence-corrected chi connectivity index (χ2v) is 10.9. The van der Waals surface area contributed by atoms with Crippen LogP contribution in [0.2, 0.25) is 10.0 Å². The van der Waals surface area contributed by atoms with Crippen LogP contribution in [0.15, 0.2) is 55.1 Å². The predicted octanol–water partition coefficient (Wildman–Crippen LogP) is 5.67. The maximum Gasteiger partial charge on any atom is 0.303 e. The minimum absolute atomic E-state index is 0.220. The number of halogens is 2. The Morgan fingerprint density at radius 3 is 2.45 bits per heavy atom. The van der Waals surface area contributed by atoms with E-state index in [4.69, 9.17) is 38.0 Å². The molecule has 40 heavy (non-hydrogen) atoms. The molecule has 3 aromatic heterocycles. The number of benzene rings is 1. The zero-order chi connectivity index (χ0) is 27.6. The fourth-order valence-electron chi connectivity index (χ4n) is 5.25. The van der Waals surface area contributed by atoms with Crippen LogP contribution in [-0.2, 0) is 17.9 Å². The van der Waals surface area contributed by atoms with Crippen molar-refractivity contribution in [2.75, 3.05) is 24.5 Å². The van der Waals surface area contributed by atoms with Gasteiger partial charge in [-0.15, -0.1) is 0 Å². The van der Waals surface area contributed by atoms with E-state index in [-0.39, 0.29) is 12.3 Å². The first-order valence-corrected chi connectivity index (χ1v) is 13.9. The minimum Gasteiger partial charge on any atom is -0.481 e. The Labute approximate surface area is 241 Å². The normalized spacial score (nSPS) is 15.8. The van der Waals surface area contributed by atoms with Crippen LogP contribution in [0.25, 0.3) is 11.3 Å². The van der Waals surface area contributed by atoms with Crippen LogP contribution in [0.4, 0.5) is 11.9 Å². The Kier molecular flexibility index (Phi) is 7.55. The van der Waals surface area contributed by atoms with E-state index in [1.54, 1.807) is 24.7 Å². The fourth-order valence-corrected chi connectivity index (χ4v) is 5.77. The van der Waals surface area contributed by atoms with E-state index in [0.717, 1.165) is 56.1 Å². The number of ether oxygens (including phenoxy) is 1. The monoisotopic (exact) mass is 579 g/mol. The van der Waals surface area contributed by atoms with Gasteiger partial charge < -0.3 is 14.4 Å². The lowest BCUT2D eigenvalue weighted by atomic mass is 9.93. The van der Waals surface area contributed by atoms with Gasteiger partial charge in [0.1, 0.15) is 0 Å². The van der Waals surface area contributed by atoms with Gasteiger partial charge in [0.05, 0.1) is 18.1 Å². The first kappa shape index (κ1) is 26.5. The molecule has 1 N–H and O–H groups in total. The van der Waals surface area contributed by atoms with E-state index >= 15 is 0 Å². The average molecular weight is 580 g/mol. The smallest absolute Gasteiger partial charge is 0.303 e. The van der Waals surface area contributed by atoms with E-state index in [2.05, 4.69) is 24.4 Å². The van der Waals surface area contributed by atoms with Crippen molar-refractivity contribution in [1.82, 2.24) is 29.4 Å². The Hall–Kier alpha value is -3.73. The first-order chi connectivity index (χ1) is 19.4. The lowest BCUT2D eigenvalue weighted by Gasteiger charge is -2.31. The highest BCUT2D eigenvalue weighted by Gasteiger charge is 2.24. The van der Waals surface area contributed by atoms with Crippen molar-refractivity contribution in [2.24, 2.45) is 5.92 Å². The summed E-state index contributed by atoms with van der Waals surface area (Å²) in [5.74, 6) is 1.72. The van der Waals surface area contributed by atoms with Gasteiger partial charge in [-0.1, -0.05) is 23.2 Å². The molecule has 2 aliphatic heterocycles. The number of carbonyl (C=O) groups is 1. The number of fused-ring (bicyclic) bond motifs is 1. The number of aromatic nitrogens is 5. The molecule has 0 saturated carbocycles. The molecule has 0 bridgehead atoms. The number of piperidine rings is 1. The number of hydrogen-bond acceptors (Lipinski definition) is 8. The highest BCUT2D eigenvalue weighted by atomic mass is 35.5. The van der Waals surface area contributed by atoms with Crippen molar-refractivity contribution in [1.29, 1.82) is 0 Å². The molecule has 1 aromatic carbocycles. The summed E-state index contributed by atoms with van der Waals surface area (Å²) in [6.07, 6.45) is 8.91. The maximum atomic E-state index is 11.1. The van der Waals surface area contributed by atoms with Crippen LogP contribution < -0.4 is 9.64 Å². The van der Waals surface area contributed by atoms with Gasteiger partial charge in [0.15, 0.2) is 5.75 Å². The molecule has 12 heteroatoms. The molecule has 0 aliphatic carbocycles. The average Bonchev–Trinajstić information content (AvgIpc) is 3.54. The number of likely N-dealkylation sites (tertiary alicyclic amines) is 1. The van der Waals surface area contributed by atoms with E-state index < -0.39 is 5.97 Å². The van der Waals surface area contributed by atoms with Crippen molar-refractivity contribution in [3.63, 3.8) is 0 Å². The first-order valence-electron chi connectivity index (χ1n) is 13.1. The number of nitrogens with zero attached hydrogens (tertiary/aromatic N) is 7. The molecule has 1 saturated heterocycles. The molecule has 1 fully saturated rings. The van der Waals surface area contributed by atoms with Gasteiger partial charge in [-0.3, -0.25) is 14.6 Å². The molecule has 206 valence electrons. The molecular weight excluding hydrogens is 553 g/mol. The molecule has 0 radical (unpaired) electrons. The predicted molar refractivity (Wildman–Crippen MR) is 151 cm³/mol. The summed E-state index contributed by atoms with van der Waals surface area (Å²) in [6.45, 7) is 3.93. The number of pyridine rings is 1. The van der Waals surface area contributed by atoms with Crippen molar-refractivity contribution in [3.05, 3.63) is 70.7 Å². The number of anilines is 2. The van der Waals surface area contributed by atoms with E-state index in [0.29, 0.717) is 39.9 Å². The van der Waals surface area contributed by atoms with Gasteiger partial charge in [-0.2, -0.15) is 0 Å². The number of aliphatic carboxylic acids is 1. The summed E-state index contributed by atoms with van der Waals surface area (Å²) < 4.78 is 8.20. The Morgan fingerprint density at radius 1 is 0.975 bits per heavy atom. The topological polar surface area (TPSA) is 109 Å². The van der Waals surface area contributed by atoms with Gasteiger partial charge in [0, 0.05) is 60.1 Å². The highest BCUT2D eigenvalue weighted by Crippen LogP contribution is 2.32. The van der Waals surface area contributed by atoms with Crippen LogP contribution in [0.5, 0.6) is 11.6 Å². The number of carboxylic acid groups (broad SMARTS) is 1. The van der Waals surface area contributed by atoms with Gasteiger partial charge in [-0.05, 0) is 61.7 Å². The van der Waals surface area contributed by atoms with Crippen LogP contribution in [0.3, 0.4) is 0 Å². The van der Waals surface area contributed by atoms with Crippen molar-refractivity contribution >= 4 is 41.1 Å². The lowest BCUT2D eigenvalue weighted by Crippen LogP contribution is -2.33. The molecule has 2 aliphatic rings. The quantitative estimate of drug-likeness (QED) is 0.282. The summed E-state index contributed by atoms with van der Waals surface area (Å²) >= 11 is 12.6.